The number of rotatable bonds is 4. The van der Waals surface area contributed by atoms with Gasteiger partial charge in [-0.15, -0.1) is 0 Å². The molecule has 4 heterocycles. The van der Waals surface area contributed by atoms with Crippen LogP contribution in [0, 0.1) is 5.92 Å². The number of pyridine rings is 2. The van der Waals surface area contributed by atoms with Crippen molar-refractivity contribution >= 4 is 22.0 Å². The lowest BCUT2D eigenvalue weighted by molar-refractivity contribution is -0.193. The summed E-state index contributed by atoms with van der Waals surface area (Å²) in [6.07, 6.45) is -4.58. The van der Waals surface area contributed by atoms with Crippen LogP contribution in [-0.4, -0.2) is 93.9 Å². The molecule has 18 heteroatoms. The molecule has 0 radical (unpaired) electrons. The SMILES string of the molecule is O=C(O)C(F)(F)F.O=C(O)C(F)(F)F.O=S1(=O)c2cccnc2OC2CN(CC3CC3)CC2N1Cc1ccccn1. The molecule has 2 atom stereocenters. The van der Waals surface area contributed by atoms with Crippen LogP contribution >= 0.6 is 0 Å². The van der Waals surface area contributed by atoms with E-state index in [9.17, 15) is 34.8 Å². The average Bonchev–Trinajstić information content (AvgIpc) is 3.62. The molecule has 2 unspecified atom stereocenters. The van der Waals surface area contributed by atoms with Crippen molar-refractivity contribution in [1.82, 2.24) is 19.2 Å². The zero-order valence-electron chi connectivity index (χ0n) is 20.9. The maximum atomic E-state index is 13.5. The number of nitrogens with zero attached hydrogens (tertiary/aromatic N) is 4. The lowest BCUT2D eigenvalue weighted by Crippen LogP contribution is -2.46. The van der Waals surface area contributed by atoms with Crippen LogP contribution in [0.2, 0.25) is 0 Å². The number of carboxylic acids is 2. The number of ether oxygens (including phenoxy) is 1. The number of aliphatic carboxylic acids is 2. The molecule has 0 spiro atoms. The van der Waals surface area contributed by atoms with Crippen molar-refractivity contribution in [2.45, 2.75) is 48.8 Å². The Bertz CT molecular complexity index is 1300. The molecule has 5 rings (SSSR count). The van der Waals surface area contributed by atoms with Crippen molar-refractivity contribution in [3.63, 3.8) is 0 Å². The van der Waals surface area contributed by atoms with Gasteiger partial charge in [0.05, 0.1) is 18.3 Å². The summed E-state index contributed by atoms with van der Waals surface area (Å²) < 4.78 is 98.1. The Balaban J connectivity index is 0.000000276. The van der Waals surface area contributed by atoms with E-state index in [1.807, 2.05) is 18.2 Å². The number of hydrogen-bond donors (Lipinski definition) is 2. The number of halogens is 6. The molecule has 2 N–H and O–H groups in total. The standard InChI is InChI=1S/C19H22N4O3S.2C2HF3O2/c24-27(25)18-5-3-9-21-19(18)26-17-13-22(10-14-6-7-14)12-16(17)23(27)11-15-4-1-2-8-20-15;2*3-2(4,5)1(6)7/h1-5,8-9,14,16-17H,6-7,10-13H2;2*(H,6,7). The molecule has 0 amide bonds. The van der Waals surface area contributed by atoms with Crippen molar-refractivity contribution in [3.8, 4) is 5.88 Å². The highest BCUT2D eigenvalue weighted by Gasteiger charge is 2.48. The summed E-state index contributed by atoms with van der Waals surface area (Å²) in [4.78, 5) is 28.8. The monoisotopic (exact) mass is 614 g/mol. The molecule has 226 valence electrons. The van der Waals surface area contributed by atoms with Crippen molar-refractivity contribution in [3.05, 3.63) is 48.4 Å². The molecule has 0 aromatic carbocycles. The molecule has 2 aliphatic heterocycles. The van der Waals surface area contributed by atoms with Crippen LogP contribution in [0.5, 0.6) is 5.88 Å². The number of fused-ring (bicyclic) bond motifs is 2. The van der Waals surface area contributed by atoms with Gasteiger partial charge in [-0.1, -0.05) is 6.07 Å². The summed E-state index contributed by atoms with van der Waals surface area (Å²) in [5.74, 6) is -4.55. The van der Waals surface area contributed by atoms with Crippen LogP contribution in [0.25, 0.3) is 0 Å². The fourth-order valence-electron chi connectivity index (χ4n) is 4.00. The first-order valence-corrected chi connectivity index (χ1v) is 13.3. The average molecular weight is 615 g/mol. The van der Waals surface area contributed by atoms with Gasteiger partial charge in [-0.05, 0) is 43.0 Å². The van der Waals surface area contributed by atoms with Crippen LogP contribution in [-0.2, 0) is 26.2 Å². The molecule has 1 saturated carbocycles. The first-order valence-electron chi connectivity index (χ1n) is 11.9. The molecule has 0 bridgehead atoms. The second-order valence-corrected chi connectivity index (χ2v) is 11.0. The largest absolute Gasteiger partial charge is 0.490 e. The summed E-state index contributed by atoms with van der Waals surface area (Å²) in [7, 11) is -3.73. The first-order chi connectivity index (χ1) is 19.0. The zero-order chi connectivity index (χ0) is 30.6. The molecule has 3 aliphatic rings. The Kier molecular flexibility index (Phi) is 9.81. The Morgan fingerprint density at radius 2 is 1.51 bits per heavy atom. The van der Waals surface area contributed by atoms with E-state index in [1.165, 1.54) is 12.8 Å². The van der Waals surface area contributed by atoms with Crippen molar-refractivity contribution < 1.29 is 59.3 Å². The normalized spacial score (nSPS) is 21.9. The van der Waals surface area contributed by atoms with Gasteiger partial charge in [0.15, 0.2) is 0 Å². The van der Waals surface area contributed by atoms with E-state index in [-0.39, 0.29) is 29.5 Å². The molecule has 1 aliphatic carbocycles. The van der Waals surface area contributed by atoms with Gasteiger partial charge < -0.3 is 14.9 Å². The Labute approximate surface area is 229 Å². The van der Waals surface area contributed by atoms with Gasteiger partial charge in [-0.2, -0.15) is 30.6 Å². The van der Waals surface area contributed by atoms with E-state index in [0.29, 0.717) is 6.54 Å². The number of carbonyl (C=O) groups is 2. The van der Waals surface area contributed by atoms with Gasteiger partial charge >= 0.3 is 24.3 Å². The van der Waals surface area contributed by atoms with Crippen molar-refractivity contribution in [2.24, 2.45) is 5.92 Å². The van der Waals surface area contributed by atoms with Gasteiger partial charge in [0, 0.05) is 32.0 Å². The third kappa shape index (κ3) is 8.74. The fourth-order valence-corrected chi connectivity index (χ4v) is 5.69. The highest BCUT2D eigenvalue weighted by atomic mass is 32.2. The topological polar surface area (TPSA) is 150 Å². The predicted molar refractivity (Wildman–Crippen MR) is 126 cm³/mol. The lowest BCUT2D eigenvalue weighted by Gasteiger charge is -2.27. The third-order valence-electron chi connectivity index (χ3n) is 6.01. The van der Waals surface area contributed by atoms with Crippen LogP contribution in [0.4, 0.5) is 26.3 Å². The zero-order valence-corrected chi connectivity index (χ0v) is 21.7. The smallest absolute Gasteiger partial charge is 0.475 e. The van der Waals surface area contributed by atoms with E-state index in [4.69, 9.17) is 24.5 Å². The lowest BCUT2D eigenvalue weighted by atomic mass is 10.2. The number of sulfonamides is 1. The van der Waals surface area contributed by atoms with Crippen LogP contribution < -0.4 is 4.74 Å². The Morgan fingerprint density at radius 1 is 0.927 bits per heavy atom. The van der Waals surface area contributed by atoms with Gasteiger partial charge in [0.2, 0.25) is 15.9 Å². The minimum Gasteiger partial charge on any atom is -0.475 e. The second kappa shape index (κ2) is 12.6. The first kappa shape index (κ1) is 32.0. The Hall–Kier alpha value is -3.51. The highest BCUT2D eigenvalue weighted by Crippen LogP contribution is 2.37. The van der Waals surface area contributed by atoms with Gasteiger partial charge in [-0.3, -0.25) is 9.88 Å². The number of carboxylic acid groups (broad SMARTS) is 2. The number of aromatic nitrogens is 2. The van der Waals surface area contributed by atoms with E-state index in [1.54, 1.807) is 28.8 Å². The quantitative estimate of drug-likeness (QED) is 0.493. The van der Waals surface area contributed by atoms with Crippen molar-refractivity contribution in [1.29, 1.82) is 0 Å². The molecular formula is C23H24F6N4O7S. The van der Waals surface area contributed by atoms with Crippen LogP contribution in [0.1, 0.15) is 18.5 Å². The summed E-state index contributed by atoms with van der Waals surface area (Å²) >= 11 is 0. The summed E-state index contributed by atoms with van der Waals surface area (Å²) in [6, 6.07) is 8.54. The maximum Gasteiger partial charge on any atom is 0.490 e. The second-order valence-electron chi connectivity index (χ2n) is 9.17. The number of alkyl halides is 6. The molecule has 41 heavy (non-hydrogen) atoms. The molecule has 2 fully saturated rings. The fraction of sp³-hybridized carbons (Fsp3) is 0.478. The van der Waals surface area contributed by atoms with Gasteiger partial charge in [-0.25, -0.2) is 23.0 Å². The minimum absolute atomic E-state index is 0.143. The number of likely N-dealkylation sites (tertiary alicyclic amines) is 1. The summed E-state index contributed by atoms with van der Waals surface area (Å²) in [6.45, 7) is 2.66. The summed E-state index contributed by atoms with van der Waals surface area (Å²) in [5.41, 5.74) is 0.729. The van der Waals surface area contributed by atoms with Crippen molar-refractivity contribution in [2.75, 3.05) is 19.6 Å². The molecule has 2 aromatic rings. The minimum atomic E-state index is -5.08. The molecular weight excluding hydrogens is 590 g/mol. The van der Waals surface area contributed by atoms with Crippen LogP contribution in [0.15, 0.2) is 47.6 Å². The highest BCUT2D eigenvalue weighted by molar-refractivity contribution is 7.89. The molecule has 2 aromatic heterocycles. The molecule has 11 nitrogen and oxygen atoms in total. The van der Waals surface area contributed by atoms with E-state index >= 15 is 0 Å². The third-order valence-corrected chi connectivity index (χ3v) is 7.89. The Morgan fingerprint density at radius 3 is 2.02 bits per heavy atom. The van der Waals surface area contributed by atoms with Gasteiger partial charge in [0.1, 0.15) is 11.0 Å². The summed E-state index contributed by atoms with van der Waals surface area (Å²) in [5, 5.41) is 14.2. The number of hydrogen-bond acceptors (Lipinski definition) is 8. The van der Waals surface area contributed by atoms with E-state index < -0.39 is 34.3 Å². The molecule has 1 saturated heterocycles. The van der Waals surface area contributed by atoms with Crippen LogP contribution in [0.3, 0.4) is 0 Å². The maximum absolute atomic E-state index is 13.5. The van der Waals surface area contributed by atoms with Gasteiger partial charge in [0.25, 0.3) is 0 Å². The van der Waals surface area contributed by atoms with E-state index in [2.05, 4.69) is 14.9 Å². The predicted octanol–water partition coefficient (Wildman–Crippen LogP) is 2.79. The van der Waals surface area contributed by atoms with E-state index in [0.717, 1.165) is 24.7 Å².